The number of rotatable bonds is 6. The van der Waals surface area contributed by atoms with Gasteiger partial charge in [-0.2, -0.15) is 0 Å². The van der Waals surface area contributed by atoms with E-state index in [1.807, 2.05) is 13.0 Å². The molecule has 0 radical (unpaired) electrons. The first kappa shape index (κ1) is 14.1. The Bertz CT molecular complexity index is 460. The van der Waals surface area contributed by atoms with E-state index in [2.05, 4.69) is 5.32 Å². The molecule has 0 bridgehead atoms. The number of thiophene rings is 1. The Morgan fingerprint density at radius 3 is 2.95 bits per heavy atom. The van der Waals surface area contributed by atoms with Gasteiger partial charge in [-0.3, -0.25) is 9.59 Å². The average molecular weight is 281 g/mol. The highest BCUT2D eigenvalue weighted by Gasteiger charge is 2.19. The van der Waals surface area contributed by atoms with E-state index in [9.17, 15) is 9.59 Å². The number of aryl methyl sites for hydroxylation is 2. The van der Waals surface area contributed by atoms with E-state index in [4.69, 9.17) is 5.11 Å². The second kappa shape index (κ2) is 6.19. The molecule has 1 aliphatic carbocycles. The summed E-state index contributed by atoms with van der Waals surface area (Å²) in [6.45, 7) is 1.92. The van der Waals surface area contributed by atoms with Gasteiger partial charge >= 0.3 is 5.97 Å². The predicted molar refractivity (Wildman–Crippen MR) is 74.8 cm³/mol. The zero-order valence-electron chi connectivity index (χ0n) is 11.1. The maximum Gasteiger partial charge on any atom is 0.303 e. The Morgan fingerprint density at radius 2 is 2.26 bits per heavy atom. The molecule has 1 aliphatic rings. The van der Waals surface area contributed by atoms with Gasteiger partial charge in [-0.15, -0.1) is 11.3 Å². The Labute approximate surface area is 116 Å². The molecule has 1 heterocycles. The summed E-state index contributed by atoms with van der Waals surface area (Å²) in [5.41, 5.74) is 1.33. The number of carboxylic acid groups (broad SMARTS) is 1. The van der Waals surface area contributed by atoms with Gasteiger partial charge in [0.05, 0.1) is 4.88 Å². The SMILES string of the molecule is CC(CCCC(=O)O)NC(=O)c1cc2c(s1)CCC2. The van der Waals surface area contributed by atoms with E-state index in [0.29, 0.717) is 12.8 Å². The second-order valence-electron chi connectivity index (χ2n) is 5.07. The summed E-state index contributed by atoms with van der Waals surface area (Å²) in [5, 5.41) is 11.5. The lowest BCUT2D eigenvalue weighted by Gasteiger charge is -2.12. The molecule has 0 saturated carbocycles. The minimum Gasteiger partial charge on any atom is -0.481 e. The Kier molecular flexibility index (Phi) is 4.58. The minimum absolute atomic E-state index is 0.0174. The third-order valence-corrected chi connectivity index (χ3v) is 4.61. The van der Waals surface area contributed by atoms with Crippen LogP contribution < -0.4 is 5.32 Å². The molecule has 2 rings (SSSR count). The molecule has 1 aromatic heterocycles. The lowest BCUT2D eigenvalue weighted by molar-refractivity contribution is -0.137. The van der Waals surface area contributed by atoms with Crippen molar-refractivity contribution >= 4 is 23.2 Å². The number of hydrogen-bond donors (Lipinski definition) is 2. The van der Waals surface area contributed by atoms with Crippen molar-refractivity contribution < 1.29 is 14.7 Å². The molecule has 2 N–H and O–H groups in total. The van der Waals surface area contributed by atoms with E-state index < -0.39 is 5.97 Å². The Morgan fingerprint density at radius 1 is 1.47 bits per heavy atom. The number of amides is 1. The highest BCUT2D eigenvalue weighted by atomic mass is 32.1. The van der Waals surface area contributed by atoms with Crippen molar-refractivity contribution in [3.05, 3.63) is 21.4 Å². The molecule has 1 atom stereocenters. The summed E-state index contributed by atoms with van der Waals surface area (Å²) < 4.78 is 0. The fraction of sp³-hybridized carbons (Fsp3) is 0.571. The zero-order chi connectivity index (χ0) is 13.8. The van der Waals surface area contributed by atoms with Crippen molar-refractivity contribution in [1.29, 1.82) is 0 Å². The molecule has 4 nitrogen and oxygen atoms in total. The number of aliphatic carboxylic acids is 1. The monoisotopic (exact) mass is 281 g/mol. The number of carbonyl (C=O) groups is 2. The van der Waals surface area contributed by atoms with Crippen LogP contribution in [0.5, 0.6) is 0 Å². The van der Waals surface area contributed by atoms with Gasteiger partial charge in [-0.05, 0) is 50.7 Å². The molecule has 1 unspecified atom stereocenters. The van der Waals surface area contributed by atoms with Crippen molar-refractivity contribution in [2.24, 2.45) is 0 Å². The summed E-state index contributed by atoms with van der Waals surface area (Å²) in [4.78, 5) is 24.6. The van der Waals surface area contributed by atoms with Gasteiger partial charge in [-0.1, -0.05) is 0 Å². The first-order valence-corrected chi connectivity index (χ1v) is 7.52. The predicted octanol–water partition coefficient (Wildman–Crippen LogP) is 2.61. The van der Waals surface area contributed by atoms with E-state index in [0.717, 1.165) is 17.7 Å². The number of nitrogens with one attached hydrogen (secondary N) is 1. The number of fused-ring (bicyclic) bond motifs is 1. The molecule has 0 aliphatic heterocycles. The van der Waals surface area contributed by atoms with Crippen LogP contribution >= 0.6 is 11.3 Å². The molecular formula is C14H19NO3S. The standard InChI is InChI=1S/C14H19NO3S/c1-9(4-2-7-13(16)17)15-14(18)12-8-10-5-3-6-11(10)19-12/h8-9H,2-7H2,1H3,(H,15,18)(H,16,17). The molecule has 104 valence electrons. The van der Waals surface area contributed by atoms with E-state index >= 15 is 0 Å². The van der Waals surface area contributed by atoms with Gasteiger partial charge < -0.3 is 10.4 Å². The largest absolute Gasteiger partial charge is 0.481 e. The van der Waals surface area contributed by atoms with Crippen LogP contribution in [0.25, 0.3) is 0 Å². The quantitative estimate of drug-likeness (QED) is 0.842. The van der Waals surface area contributed by atoms with Crippen LogP contribution in [0.15, 0.2) is 6.07 Å². The molecule has 0 spiro atoms. The molecule has 1 amide bonds. The van der Waals surface area contributed by atoms with Crippen molar-refractivity contribution in [2.75, 3.05) is 0 Å². The van der Waals surface area contributed by atoms with Gasteiger partial charge in [0.25, 0.3) is 5.91 Å². The van der Waals surface area contributed by atoms with E-state index in [1.54, 1.807) is 11.3 Å². The summed E-state index contributed by atoms with van der Waals surface area (Å²) in [7, 11) is 0. The van der Waals surface area contributed by atoms with Gasteiger partial charge in [0, 0.05) is 17.3 Å². The van der Waals surface area contributed by atoms with Gasteiger partial charge in [-0.25, -0.2) is 0 Å². The normalized spacial score (nSPS) is 15.0. The van der Waals surface area contributed by atoms with Gasteiger partial charge in [0.2, 0.25) is 0 Å². The smallest absolute Gasteiger partial charge is 0.303 e. The fourth-order valence-electron chi connectivity index (χ4n) is 2.37. The third kappa shape index (κ3) is 3.80. The van der Waals surface area contributed by atoms with E-state index in [1.165, 1.54) is 16.9 Å². The van der Waals surface area contributed by atoms with Crippen LogP contribution in [0.3, 0.4) is 0 Å². The van der Waals surface area contributed by atoms with Crippen LogP contribution in [0.1, 0.15) is 52.7 Å². The average Bonchev–Trinajstić information content (AvgIpc) is 2.87. The van der Waals surface area contributed by atoms with Crippen molar-refractivity contribution in [1.82, 2.24) is 5.32 Å². The van der Waals surface area contributed by atoms with Crippen LogP contribution in [-0.2, 0) is 17.6 Å². The lowest BCUT2D eigenvalue weighted by atomic mass is 10.1. The highest BCUT2D eigenvalue weighted by Crippen LogP contribution is 2.30. The van der Waals surface area contributed by atoms with Crippen molar-refractivity contribution in [3.8, 4) is 0 Å². The van der Waals surface area contributed by atoms with Crippen LogP contribution in [-0.4, -0.2) is 23.0 Å². The maximum absolute atomic E-state index is 12.0. The summed E-state index contributed by atoms with van der Waals surface area (Å²) in [6.07, 6.45) is 4.84. The van der Waals surface area contributed by atoms with Crippen LogP contribution in [0, 0.1) is 0 Å². The summed E-state index contributed by atoms with van der Waals surface area (Å²) in [5.74, 6) is -0.810. The molecule has 0 aromatic carbocycles. The Balaban J connectivity index is 1.81. The molecule has 0 saturated heterocycles. The summed E-state index contributed by atoms with van der Waals surface area (Å²) >= 11 is 1.59. The Hall–Kier alpha value is -1.36. The molecular weight excluding hydrogens is 262 g/mol. The van der Waals surface area contributed by atoms with Gasteiger partial charge in [0.15, 0.2) is 0 Å². The molecule has 5 heteroatoms. The van der Waals surface area contributed by atoms with E-state index in [-0.39, 0.29) is 18.4 Å². The van der Waals surface area contributed by atoms with Crippen LogP contribution in [0.2, 0.25) is 0 Å². The van der Waals surface area contributed by atoms with Crippen molar-refractivity contribution in [3.63, 3.8) is 0 Å². The second-order valence-corrected chi connectivity index (χ2v) is 6.21. The maximum atomic E-state index is 12.0. The number of carboxylic acids is 1. The van der Waals surface area contributed by atoms with Crippen molar-refractivity contribution in [2.45, 2.75) is 51.5 Å². The minimum atomic E-state index is -0.784. The highest BCUT2D eigenvalue weighted by molar-refractivity contribution is 7.14. The fourth-order valence-corrected chi connectivity index (χ4v) is 3.52. The third-order valence-electron chi connectivity index (χ3n) is 3.38. The number of hydrogen-bond acceptors (Lipinski definition) is 3. The van der Waals surface area contributed by atoms with Crippen LogP contribution in [0.4, 0.5) is 0 Å². The summed E-state index contributed by atoms with van der Waals surface area (Å²) in [6, 6.07) is 2.02. The zero-order valence-corrected chi connectivity index (χ0v) is 11.9. The molecule has 1 aromatic rings. The lowest BCUT2D eigenvalue weighted by Crippen LogP contribution is -2.32. The first-order valence-electron chi connectivity index (χ1n) is 6.70. The number of carbonyl (C=O) groups excluding carboxylic acids is 1. The molecule has 0 fully saturated rings. The first-order chi connectivity index (χ1) is 9.06. The van der Waals surface area contributed by atoms with Gasteiger partial charge in [0.1, 0.15) is 0 Å². The molecule has 19 heavy (non-hydrogen) atoms. The topological polar surface area (TPSA) is 66.4 Å².